The van der Waals surface area contributed by atoms with Crippen molar-refractivity contribution < 1.29 is 23.5 Å². The van der Waals surface area contributed by atoms with E-state index in [9.17, 15) is 14.0 Å². The summed E-state index contributed by atoms with van der Waals surface area (Å²) in [6, 6.07) is 14.1. The lowest BCUT2D eigenvalue weighted by molar-refractivity contribution is 0.0431. The van der Waals surface area contributed by atoms with Gasteiger partial charge in [0.05, 0.1) is 27.7 Å². The number of carbonyl (C=O) groups excluding carboxylic acids is 2. The maximum absolute atomic E-state index is 14.3. The van der Waals surface area contributed by atoms with Crippen molar-refractivity contribution in [3.05, 3.63) is 81.6 Å². The van der Waals surface area contributed by atoms with Crippen molar-refractivity contribution in [1.82, 2.24) is 4.90 Å². The molecule has 0 unspecified atom stereocenters. The Balaban J connectivity index is 1.48. The molecule has 156 valence electrons. The zero-order chi connectivity index (χ0) is 21.7. The predicted molar refractivity (Wildman–Crippen MR) is 114 cm³/mol. The molecule has 0 saturated heterocycles. The maximum atomic E-state index is 14.3. The van der Waals surface area contributed by atoms with Gasteiger partial charge in [0, 0.05) is 17.2 Å². The number of halogens is 3. The van der Waals surface area contributed by atoms with Crippen LogP contribution >= 0.6 is 23.2 Å². The minimum absolute atomic E-state index is 0.0150. The highest BCUT2D eigenvalue weighted by atomic mass is 35.5. The summed E-state index contributed by atoms with van der Waals surface area (Å²) in [5, 5.41) is 0.651. The molecule has 2 amide bonds. The van der Waals surface area contributed by atoms with Gasteiger partial charge < -0.3 is 9.47 Å². The van der Waals surface area contributed by atoms with Gasteiger partial charge in [-0.2, -0.15) is 0 Å². The summed E-state index contributed by atoms with van der Waals surface area (Å²) in [5.74, 6) is -0.854. The van der Waals surface area contributed by atoms with Crippen molar-refractivity contribution in [2.24, 2.45) is 0 Å². The lowest BCUT2D eigenvalue weighted by Gasteiger charge is -2.30. The van der Waals surface area contributed by atoms with Gasteiger partial charge in [0.2, 0.25) is 0 Å². The molecule has 5 nitrogen and oxygen atoms in total. The number of fused-ring (bicyclic) bond motifs is 2. The van der Waals surface area contributed by atoms with Gasteiger partial charge in [-0.3, -0.25) is 14.5 Å². The Morgan fingerprint density at radius 3 is 2.23 bits per heavy atom. The maximum Gasteiger partial charge on any atom is 0.261 e. The quantitative estimate of drug-likeness (QED) is 0.504. The van der Waals surface area contributed by atoms with Crippen LogP contribution in [0.3, 0.4) is 0 Å². The first-order chi connectivity index (χ1) is 14.9. The molecule has 0 spiro atoms. The van der Waals surface area contributed by atoms with Crippen LogP contribution in [0.5, 0.6) is 11.5 Å². The van der Waals surface area contributed by atoms with E-state index in [1.54, 1.807) is 42.5 Å². The molecule has 0 aliphatic carbocycles. The largest absolute Gasteiger partial charge is 0.486 e. The highest BCUT2D eigenvalue weighted by Crippen LogP contribution is 2.46. The van der Waals surface area contributed by atoms with Gasteiger partial charge in [-0.25, -0.2) is 4.39 Å². The van der Waals surface area contributed by atoms with Crippen LogP contribution in [0, 0.1) is 5.82 Å². The van der Waals surface area contributed by atoms with Crippen LogP contribution in [0.2, 0.25) is 10.0 Å². The smallest absolute Gasteiger partial charge is 0.261 e. The normalized spacial score (nSPS) is 17.1. The molecule has 8 heteroatoms. The third-order valence-electron chi connectivity index (χ3n) is 5.23. The number of benzene rings is 3. The van der Waals surface area contributed by atoms with E-state index in [-0.39, 0.29) is 36.5 Å². The van der Waals surface area contributed by atoms with Crippen molar-refractivity contribution in [1.29, 1.82) is 0 Å². The summed E-state index contributed by atoms with van der Waals surface area (Å²) >= 11 is 12.6. The molecule has 0 N–H and O–H groups in total. The standard InChI is InChI=1S/C23H14Cl2FNO4/c24-17-6-3-7-18(25)20(17)16-8-12(26)9-19-21(16)31-13(11-30-19)10-27-22(28)14-4-1-2-5-15(14)23(27)29/h1-9,13H,10-11H2/t13-/m0/s1. The van der Waals surface area contributed by atoms with E-state index in [0.29, 0.717) is 32.3 Å². The zero-order valence-electron chi connectivity index (χ0n) is 15.9. The van der Waals surface area contributed by atoms with Crippen molar-refractivity contribution in [2.45, 2.75) is 6.10 Å². The van der Waals surface area contributed by atoms with Gasteiger partial charge in [0.25, 0.3) is 11.8 Å². The molecule has 3 aromatic rings. The van der Waals surface area contributed by atoms with Gasteiger partial charge in [-0.05, 0) is 30.3 Å². The predicted octanol–water partition coefficient (Wildman–Crippen LogP) is 5.24. The molecule has 5 rings (SSSR count). The molecule has 2 aliphatic rings. The fraction of sp³-hybridized carbons (Fsp3) is 0.130. The molecule has 3 aromatic carbocycles. The van der Waals surface area contributed by atoms with Crippen LogP contribution < -0.4 is 9.47 Å². The monoisotopic (exact) mass is 457 g/mol. The summed E-state index contributed by atoms with van der Waals surface area (Å²) in [4.78, 5) is 26.5. The average molecular weight is 458 g/mol. The van der Waals surface area contributed by atoms with E-state index < -0.39 is 11.9 Å². The third kappa shape index (κ3) is 3.32. The van der Waals surface area contributed by atoms with E-state index >= 15 is 0 Å². The molecular weight excluding hydrogens is 444 g/mol. The Morgan fingerprint density at radius 2 is 1.58 bits per heavy atom. The second-order valence-electron chi connectivity index (χ2n) is 7.19. The van der Waals surface area contributed by atoms with Gasteiger partial charge in [0.1, 0.15) is 12.4 Å². The number of carbonyl (C=O) groups is 2. The van der Waals surface area contributed by atoms with Crippen molar-refractivity contribution in [3.63, 3.8) is 0 Å². The summed E-state index contributed by atoms with van der Waals surface area (Å²) < 4.78 is 26.1. The highest BCUT2D eigenvalue weighted by Gasteiger charge is 2.38. The second kappa shape index (κ2) is 7.55. The van der Waals surface area contributed by atoms with Crippen molar-refractivity contribution in [2.75, 3.05) is 13.2 Å². The molecule has 0 saturated carbocycles. The Morgan fingerprint density at radius 1 is 0.935 bits per heavy atom. The molecule has 1 atom stereocenters. The van der Waals surface area contributed by atoms with Crippen LogP contribution in [0.25, 0.3) is 11.1 Å². The Bertz CT molecular complexity index is 1190. The fourth-order valence-electron chi connectivity index (χ4n) is 3.82. The van der Waals surface area contributed by atoms with E-state index in [1.165, 1.54) is 12.1 Å². The average Bonchev–Trinajstić information content (AvgIpc) is 2.99. The summed E-state index contributed by atoms with van der Waals surface area (Å²) in [6.07, 6.45) is -0.653. The van der Waals surface area contributed by atoms with E-state index in [0.717, 1.165) is 4.90 Å². The molecule has 0 radical (unpaired) electrons. The molecule has 2 aliphatic heterocycles. The van der Waals surface area contributed by atoms with Crippen LogP contribution in [0.4, 0.5) is 4.39 Å². The molecule has 0 aromatic heterocycles. The minimum Gasteiger partial charge on any atom is -0.486 e. The van der Waals surface area contributed by atoms with E-state index in [1.807, 2.05) is 0 Å². The van der Waals surface area contributed by atoms with Crippen LogP contribution in [-0.4, -0.2) is 36.0 Å². The number of imide groups is 1. The number of hydrogen-bond donors (Lipinski definition) is 0. The molecule has 0 bridgehead atoms. The highest BCUT2D eigenvalue weighted by molar-refractivity contribution is 6.39. The lowest BCUT2D eigenvalue weighted by Crippen LogP contribution is -2.43. The van der Waals surface area contributed by atoms with Crippen LogP contribution in [0.1, 0.15) is 20.7 Å². The van der Waals surface area contributed by atoms with Gasteiger partial charge in [0.15, 0.2) is 17.6 Å². The number of rotatable bonds is 3. The molecular formula is C23H14Cl2FNO4. The Kier molecular flexibility index (Phi) is 4.84. The SMILES string of the molecule is O=C1c2ccccc2C(=O)N1C[C@H]1COc2cc(F)cc(-c3c(Cl)cccc3Cl)c2O1. The van der Waals surface area contributed by atoms with Gasteiger partial charge in [-0.15, -0.1) is 0 Å². The molecule has 2 heterocycles. The number of amides is 2. The summed E-state index contributed by atoms with van der Waals surface area (Å²) in [7, 11) is 0. The topological polar surface area (TPSA) is 55.8 Å². The molecule has 0 fully saturated rings. The number of ether oxygens (including phenoxy) is 2. The second-order valence-corrected chi connectivity index (χ2v) is 8.01. The first-order valence-corrected chi connectivity index (χ1v) is 10.2. The summed E-state index contributed by atoms with van der Waals surface area (Å²) in [5.41, 5.74) is 1.45. The Labute approximate surface area is 186 Å². The van der Waals surface area contributed by atoms with E-state index in [2.05, 4.69) is 0 Å². The zero-order valence-corrected chi connectivity index (χ0v) is 17.4. The van der Waals surface area contributed by atoms with Gasteiger partial charge in [-0.1, -0.05) is 41.4 Å². The van der Waals surface area contributed by atoms with Crippen LogP contribution in [-0.2, 0) is 0 Å². The summed E-state index contributed by atoms with van der Waals surface area (Å²) in [6.45, 7) is 0.0262. The Hall–Kier alpha value is -3.09. The minimum atomic E-state index is -0.653. The lowest BCUT2D eigenvalue weighted by atomic mass is 10.0. The fourth-order valence-corrected chi connectivity index (χ4v) is 4.42. The number of nitrogens with zero attached hydrogens (tertiary/aromatic N) is 1. The first-order valence-electron chi connectivity index (χ1n) is 9.46. The molecule has 31 heavy (non-hydrogen) atoms. The van der Waals surface area contributed by atoms with Crippen molar-refractivity contribution >= 4 is 35.0 Å². The number of hydrogen-bond acceptors (Lipinski definition) is 4. The first kappa shape index (κ1) is 19.8. The van der Waals surface area contributed by atoms with Crippen LogP contribution in [0.15, 0.2) is 54.6 Å². The third-order valence-corrected chi connectivity index (χ3v) is 5.86. The van der Waals surface area contributed by atoms with E-state index in [4.69, 9.17) is 32.7 Å². The van der Waals surface area contributed by atoms with Gasteiger partial charge >= 0.3 is 0 Å². The van der Waals surface area contributed by atoms with Crippen molar-refractivity contribution in [3.8, 4) is 22.6 Å².